The fourth-order valence-corrected chi connectivity index (χ4v) is 3.25. The number of nitrogens with zero attached hydrogens (tertiary/aromatic N) is 1. The molecule has 1 aliphatic carbocycles. The summed E-state index contributed by atoms with van der Waals surface area (Å²) in [6.45, 7) is 6.09. The van der Waals surface area contributed by atoms with Gasteiger partial charge in [0.05, 0.1) is 11.8 Å². The summed E-state index contributed by atoms with van der Waals surface area (Å²) >= 11 is 0. The summed E-state index contributed by atoms with van der Waals surface area (Å²) in [5.74, 6) is -1.59. The quantitative estimate of drug-likeness (QED) is 0.728. The van der Waals surface area contributed by atoms with Gasteiger partial charge in [0.1, 0.15) is 0 Å². The first kappa shape index (κ1) is 16.0. The molecule has 2 N–H and O–H groups in total. The van der Waals surface area contributed by atoms with Gasteiger partial charge in [-0.25, -0.2) is 0 Å². The van der Waals surface area contributed by atoms with Crippen LogP contribution in [0.2, 0.25) is 0 Å². The largest absolute Gasteiger partial charge is 0.481 e. The lowest BCUT2D eigenvalue weighted by atomic mass is 9.82. The van der Waals surface area contributed by atoms with Crippen LogP contribution in [0.3, 0.4) is 0 Å². The van der Waals surface area contributed by atoms with Crippen LogP contribution in [0.25, 0.3) is 0 Å². The molecular weight excluding hydrogens is 268 g/mol. The predicted octanol–water partition coefficient (Wildman–Crippen LogP) is 1.50. The summed E-state index contributed by atoms with van der Waals surface area (Å²) in [6, 6.07) is 0. The fraction of sp³-hybridized carbons (Fsp3) is 0.750. The van der Waals surface area contributed by atoms with Gasteiger partial charge in [-0.05, 0) is 44.7 Å². The van der Waals surface area contributed by atoms with Gasteiger partial charge in [0, 0.05) is 13.1 Å². The second kappa shape index (κ2) is 7.59. The van der Waals surface area contributed by atoms with Crippen molar-refractivity contribution in [3.05, 3.63) is 12.2 Å². The second-order valence-electron chi connectivity index (χ2n) is 6.35. The van der Waals surface area contributed by atoms with Gasteiger partial charge in [-0.2, -0.15) is 0 Å². The van der Waals surface area contributed by atoms with Crippen molar-refractivity contribution in [3.63, 3.8) is 0 Å². The number of hydrogen-bond acceptors (Lipinski definition) is 3. The summed E-state index contributed by atoms with van der Waals surface area (Å²) in [5, 5.41) is 12.2. The molecule has 0 bridgehead atoms. The number of carbonyl (C=O) groups excluding carboxylic acids is 1. The number of likely N-dealkylation sites (tertiary alicyclic amines) is 1. The predicted molar refractivity (Wildman–Crippen MR) is 80.8 cm³/mol. The molecule has 0 aromatic rings. The average Bonchev–Trinajstić information content (AvgIpc) is 2.97. The Hall–Kier alpha value is -1.36. The van der Waals surface area contributed by atoms with Crippen molar-refractivity contribution >= 4 is 11.9 Å². The highest BCUT2D eigenvalue weighted by atomic mass is 16.4. The normalized spacial score (nSPS) is 27.5. The summed E-state index contributed by atoms with van der Waals surface area (Å²) in [4.78, 5) is 25.9. The lowest BCUT2D eigenvalue weighted by Gasteiger charge is -2.26. The molecule has 5 heteroatoms. The van der Waals surface area contributed by atoms with E-state index in [-0.39, 0.29) is 5.91 Å². The maximum atomic E-state index is 12.2. The van der Waals surface area contributed by atoms with Crippen LogP contribution >= 0.6 is 0 Å². The van der Waals surface area contributed by atoms with Gasteiger partial charge in [-0.1, -0.05) is 19.1 Å². The van der Waals surface area contributed by atoms with Gasteiger partial charge in [-0.15, -0.1) is 0 Å². The maximum Gasteiger partial charge on any atom is 0.307 e. The number of carboxylic acids is 1. The molecule has 2 rings (SSSR count). The van der Waals surface area contributed by atoms with Gasteiger partial charge >= 0.3 is 5.97 Å². The molecule has 1 heterocycles. The summed E-state index contributed by atoms with van der Waals surface area (Å²) < 4.78 is 0. The van der Waals surface area contributed by atoms with Crippen molar-refractivity contribution in [2.24, 2.45) is 17.8 Å². The Morgan fingerprint density at radius 2 is 1.86 bits per heavy atom. The number of aliphatic carboxylic acids is 1. The van der Waals surface area contributed by atoms with Gasteiger partial charge in [0.15, 0.2) is 0 Å². The molecule has 0 saturated carbocycles. The number of amides is 1. The standard InChI is InChI=1S/C16H26N2O3/c1-12(11-18-8-4-5-9-18)10-17-15(19)13-6-2-3-7-14(13)16(20)21/h2-3,12-14H,4-11H2,1H3,(H,17,19)(H,20,21). The molecule has 1 saturated heterocycles. The molecule has 0 aromatic carbocycles. The van der Waals surface area contributed by atoms with E-state index >= 15 is 0 Å². The van der Waals surface area contributed by atoms with E-state index in [1.165, 1.54) is 12.8 Å². The van der Waals surface area contributed by atoms with Gasteiger partial charge in [0.25, 0.3) is 0 Å². The number of allylic oxidation sites excluding steroid dienone is 2. The molecule has 2 aliphatic rings. The van der Waals surface area contributed by atoms with Crippen LogP contribution in [-0.2, 0) is 9.59 Å². The van der Waals surface area contributed by atoms with Crippen LogP contribution in [0.4, 0.5) is 0 Å². The van der Waals surface area contributed by atoms with Crippen LogP contribution in [0.1, 0.15) is 32.6 Å². The topological polar surface area (TPSA) is 69.6 Å². The Bertz CT molecular complexity index is 402. The van der Waals surface area contributed by atoms with Crippen molar-refractivity contribution in [2.75, 3.05) is 26.2 Å². The number of hydrogen-bond donors (Lipinski definition) is 2. The molecule has 1 aliphatic heterocycles. The van der Waals surface area contributed by atoms with E-state index in [1.54, 1.807) is 0 Å². The minimum absolute atomic E-state index is 0.111. The molecule has 5 nitrogen and oxygen atoms in total. The van der Waals surface area contributed by atoms with Crippen LogP contribution in [0.5, 0.6) is 0 Å². The van der Waals surface area contributed by atoms with E-state index in [0.29, 0.717) is 25.3 Å². The van der Waals surface area contributed by atoms with Crippen molar-refractivity contribution in [2.45, 2.75) is 32.6 Å². The Labute approximate surface area is 126 Å². The zero-order valence-electron chi connectivity index (χ0n) is 12.8. The molecule has 118 valence electrons. The average molecular weight is 294 g/mol. The van der Waals surface area contributed by atoms with Crippen LogP contribution < -0.4 is 5.32 Å². The third-order valence-corrected chi connectivity index (χ3v) is 4.48. The molecule has 1 fully saturated rings. The molecular formula is C16H26N2O3. The Kier molecular flexibility index (Phi) is 5.79. The lowest BCUT2D eigenvalue weighted by molar-refractivity contribution is -0.147. The second-order valence-corrected chi connectivity index (χ2v) is 6.35. The highest BCUT2D eigenvalue weighted by Crippen LogP contribution is 2.26. The minimum atomic E-state index is -0.871. The third-order valence-electron chi connectivity index (χ3n) is 4.48. The fourth-order valence-electron chi connectivity index (χ4n) is 3.25. The molecule has 0 spiro atoms. The first-order valence-electron chi connectivity index (χ1n) is 7.95. The molecule has 3 unspecified atom stereocenters. The zero-order chi connectivity index (χ0) is 15.2. The summed E-state index contributed by atoms with van der Waals surface area (Å²) in [7, 11) is 0. The van der Waals surface area contributed by atoms with Crippen LogP contribution in [0, 0.1) is 17.8 Å². The number of carbonyl (C=O) groups is 2. The Morgan fingerprint density at radius 1 is 1.24 bits per heavy atom. The molecule has 21 heavy (non-hydrogen) atoms. The molecule has 0 radical (unpaired) electrons. The van der Waals surface area contributed by atoms with Crippen molar-refractivity contribution in [1.82, 2.24) is 10.2 Å². The van der Waals surface area contributed by atoms with Crippen molar-refractivity contribution in [3.8, 4) is 0 Å². The summed E-state index contributed by atoms with van der Waals surface area (Å²) in [6.07, 6.45) is 7.30. The van der Waals surface area contributed by atoms with Crippen molar-refractivity contribution < 1.29 is 14.7 Å². The minimum Gasteiger partial charge on any atom is -0.481 e. The maximum absolute atomic E-state index is 12.2. The van der Waals surface area contributed by atoms with Crippen LogP contribution in [0.15, 0.2) is 12.2 Å². The van der Waals surface area contributed by atoms with E-state index in [4.69, 9.17) is 0 Å². The number of nitrogens with one attached hydrogen (secondary N) is 1. The van der Waals surface area contributed by atoms with Gasteiger partial charge < -0.3 is 15.3 Å². The Balaban J connectivity index is 1.77. The highest BCUT2D eigenvalue weighted by molar-refractivity contribution is 5.85. The van der Waals surface area contributed by atoms with Crippen molar-refractivity contribution in [1.29, 1.82) is 0 Å². The smallest absolute Gasteiger partial charge is 0.307 e. The van der Waals surface area contributed by atoms with Crippen LogP contribution in [-0.4, -0.2) is 48.1 Å². The number of rotatable bonds is 6. The SMILES string of the molecule is CC(CNC(=O)C1CC=CCC1C(=O)O)CN1CCCC1. The Morgan fingerprint density at radius 3 is 2.48 bits per heavy atom. The van der Waals surface area contributed by atoms with E-state index in [2.05, 4.69) is 17.1 Å². The lowest BCUT2D eigenvalue weighted by Crippen LogP contribution is -2.41. The van der Waals surface area contributed by atoms with Gasteiger partial charge in [-0.3, -0.25) is 9.59 Å². The third kappa shape index (κ3) is 4.56. The summed E-state index contributed by atoms with van der Waals surface area (Å²) in [5.41, 5.74) is 0. The van der Waals surface area contributed by atoms with E-state index in [0.717, 1.165) is 19.6 Å². The monoisotopic (exact) mass is 294 g/mol. The zero-order valence-corrected chi connectivity index (χ0v) is 12.8. The highest BCUT2D eigenvalue weighted by Gasteiger charge is 2.33. The van der Waals surface area contributed by atoms with E-state index < -0.39 is 17.8 Å². The van der Waals surface area contributed by atoms with Gasteiger partial charge in [0.2, 0.25) is 5.91 Å². The van der Waals surface area contributed by atoms with E-state index in [1.807, 2.05) is 12.2 Å². The number of carboxylic acid groups (broad SMARTS) is 1. The molecule has 0 aromatic heterocycles. The molecule has 3 atom stereocenters. The molecule has 1 amide bonds. The first-order chi connectivity index (χ1) is 10.1. The van der Waals surface area contributed by atoms with E-state index in [9.17, 15) is 14.7 Å². The first-order valence-corrected chi connectivity index (χ1v) is 7.95.